The van der Waals surface area contributed by atoms with Gasteiger partial charge in [0.2, 0.25) is 0 Å². The summed E-state index contributed by atoms with van der Waals surface area (Å²) in [5, 5.41) is 22.0. The minimum absolute atomic E-state index is 0.0596. The molecule has 5 N–H and O–H groups in total. The molecular formula is C15H15FN2O3. The van der Waals surface area contributed by atoms with E-state index in [0.29, 0.717) is 11.3 Å². The van der Waals surface area contributed by atoms with Gasteiger partial charge < -0.3 is 21.3 Å². The van der Waals surface area contributed by atoms with Crippen molar-refractivity contribution in [1.29, 1.82) is 0 Å². The predicted molar refractivity (Wildman–Crippen MR) is 76.7 cm³/mol. The Kier molecular flexibility index (Phi) is 3.98. The summed E-state index contributed by atoms with van der Waals surface area (Å²) in [6, 6.07) is 7.87. The fourth-order valence-electron chi connectivity index (χ4n) is 2.01. The van der Waals surface area contributed by atoms with E-state index in [0.717, 1.165) is 6.07 Å². The smallest absolute Gasteiger partial charge is 0.251 e. The van der Waals surface area contributed by atoms with Crippen LogP contribution >= 0.6 is 0 Å². The van der Waals surface area contributed by atoms with Gasteiger partial charge in [0.05, 0.1) is 5.56 Å². The number of halogens is 1. The summed E-state index contributed by atoms with van der Waals surface area (Å²) in [7, 11) is 0. The summed E-state index contributed by atoms with van der Waals surface area (Å²) in [6.45, 7) is 1.79. The van der Waals surface area contributed by atoms with E-state index in [4.69, 9.17) is 5.73 Å². The number of anilines is 1. The summed E-state index contributed by atoms with van der Waals surface area (Å²) < 4.78 is 13.4. The quantitative estimate of drug-likeness (QED) is 0.695. The standard InChI is InChI=1S/C15H15FN2O3/c1-8(9-4-11(19)7-12(20)5-9)18-10-2-3-14(16)13(6-10)15(17)21/h2-8,18-20H,1H3,(H2,17,21). The van der Waals surface area contributed by atoms with Crippen molar-refractivity contribution in [3.8, 4) is 11.5 Å². The number of phenolic OH excluding ortho intramolecular Hbond substituents is 2. The Labute approximate surface area is 120 Å². The molecule has 0 saturated heterocycles. The van der Waals surface area contributed by atoms with Gasteiger partial charge >= 0.3 is 0 Å². The van der Waals surface area contributed by atoms with Crippen LogP contribution in [0.15, 0.2) is 36.4 Å². The van der Waals surface area contributed by atoms with Crippen molar-refractivity contribution in [2.24, 2.45) is 5.73 Å². The number of hydrogen-bond acceptors (Lipinski definition) is 4. The Hall–Kier alpha value is -2.76. The van der Waals surface area contributed by atoms with Crippen LogP contribution in [0.4, 0.5) is 10.1 Å². The maximum Gasteiger partial charge on any atom is 0.251 e. The summed E-state index contributed by atoms with van der Waals surface area (Å²) in [5.74, 6) is -1.65. The fourth-order valence-corrected chi connectivity index (χ4v) is 2.01. The number of aromatic hydroxyl groups is 2. The summed E-state index contributed by atoms with van der Waals surface area (Å²) in [5.41, 5.74) is 6.03. The normalized spacial score (nSPS) is 11.9. The molecule has 2 aromatic rings. The Bertz CT molecular complexity index is 668. The van der Waals surface area contributed by atoms with E-state index in [1.165, 1.54) is 30.3 Å². The molecule has 0 fully saturated rings. The highest BCUT2D eigenvalue weighted by molar-refractivity contribution is 5.94. The van der Waals surface area contributed by atoms with Crippen molar-refractivity contribution < 1.29 is 19.4 Å². The van der Waals surface area contributed by atoms with Gasteiger partial charge in [-0.1, -0.05) is 0 Å². The summed E-state index contributed by atoms with van der Waals surface area (Å²) >= 11 is 0. The molecule has 0 bridgehead atoms. The van der Waals surface area contributed by atoms with E-state index >= 15 is 0 Å². The molecule has 0 heterocycles. The molecule has 0 aliphatic rings. The van der Waals surface area contributed by atoms with Gasteiger partial charge in [-0.2, -0.15) is 0 Å². The summed E-state index contributed by atoms with van der Waals surface area (Å²) in [4.78, 5) is 11.1. The van der Waals surface area contributed by atoms with Gasteiger partial charge in [0.25, 0.3) is 5.91 Å². The van der Waals surface area contributed by atoms with Crippen molar-refractivity contribution in [1.82, 2.24) is 0 Å². The molecule has 1 amide bonds. The van der Waals surface area contributed by atoms with Crippen molar-refractivity contribution in [2.75, 3.05) is 5.32 Å². The van der Waals surface area contributed by atoms with E-state index in [1.54, 1.807) is 6.92 Å². The lowest BCUT2D eigenvalue weighted by Crippen LogP contribution is -2.14. The maximum absolute atomic E-state index is 13.4. The Morgan fingerprint density at radius 1 is 1.19 bits per heavy atom. The molecule has 0 radical (unpaired) electrons. The van der Waals surface area contributed by atoms with E-state index in [9.17, 15) is 19.4 Å². The molecule has 0 spiro atoms. The third-order valence-electron chi connectivity index (χ3n) is 3.04. The predicted octanol–water partition coefficient (Wildman–Crippen LogP) is 2.51. The molecule has 5 nitrogen and oxygen atoms in total. The van der Waals surface area contributed by atoms with Crippen LogP contribution in [-0.4, -0.2) is 16.1 Å². The van der Waals surface area contributed by atoms with E-state index in [-0.39, 0.29) is 23.1 Å². The van der Waals surface area contributed by atoms with Gasteiger partial charge in [-0.3, -0.25) is 4.79 Å². The molecule has 2 rings (SSSR count). The van der Waals surface area contributed by atoms with Crippen molar-refractivity contribution in [3.05, 3.63) is 53.3 Å². The van der Waals surface area contributed by atoms with Crippen LogP contribution in [0.25, 0.3) is 0 Å². The van der Waals surface area contributed by atoms with Gasteiger partial charge in [0, 0.05) is 17.8 Å². The Morgan fingerprint density at radius 2 is 1.81 bits per heavy atom. The Morgan fingerprint density at radius 3 is 2.38 bits per heavy atom. The third-order valence-corrected chi connectivity index (χ3v) is 3.04. The minimum atomic E-state index is -0.848. The number of benzene rings is 2. The van der Waals surface area contributed by atoms with E-state index in [2.05, 4.69) is 5.32 Å². The van der Waals surface area contributed by atoms with E-state index < -0.39 is 11.7 Å². The highest BCUT2D eigenvalue weighted by Gasteiger charge is 2.12. The highest BCUT2D eigenvalue weighted by atomic mass is 19.1. The number of nitrogens with one attached hydrogen (secondary N) is 1. The fraction of sp³-hybridized carbons (Fsp3) is 0.133. The van der Waals surface area contributed by atoms with Gasteiger partial charge in [-0.15, -0.1) is 0 Å². The Balaban J connectivity index is 2.25. The van der Waals surface area contributed by atoms with Crippen LogP contribution < -0.4 is 11.1 Å². The lowest BCUT2D eigenvalue weighted by molar-refractivity contribution is 0.0996. The highest BCUT2D eigenvalue weighted by Crippen LogP contribution is 2.27. The molecule has 0 aliphatic heterocycles. The number of hydrogen-bond donors (Lipinski definition) is 4. The second-order valence-electron chi connectivity index (χ2n) is 4.71. The van der Waals surface area contributed by atoms with Crippen molar-refractivity contribution >= 4 is 11.6 Å². The zero-order chi connectivity index (χ0) is 15.6. The second-order valence-corrected chi connectivity index (χ2v) is 4.71. The van der Waals surface area contributed by atoms with Crippen molar-refractivity contribution in [2.45, 2.75) is 13.0 Å². The van der Waals surface area contributed by atoms with Crippen LogP contribution in [-0.2, 0) is 0 Å². The molecule has 2 aromatic carbocycles. The average molecular weight is 290 g/mol. The first kappa shape index (κ1) is 14.6. The first-order chi connectivity index (χ1) is 9.86. The average Bonchev–Trinajstić information content (AvgIpc) is 2.39. The number of phenols is 2. The van der Waals surface area contributed by atoms with Crippen LogP contribution in [0.1, 0.15) is 28.9 Å². The first-order valence-electron chi connectivity index (χ1n) is 6.25. The minimum Gasteiger partial charge on any atom is -0.508 e. The molecule has 0 saturated carbocycles. The SMILES string of the molecule is CC(Nc1ccc(F)c(C(N)=O)c1)c1cc(O)cc(O)c1. The van der Waals surface area contributed by atoms with Gasteiger partial charge in [0.15, 0.2) is 0 Å². The number of amides is 1. The molecular weight excluding hydrogens is 275 g/mol. The molecule has 1 unspecified atom stereocenters. The zero-order valence-electron chi connectivity index (χ0n) is 11.3. The van der Waals surface area contributed by atoms with Crippen LogP contribution in [0.3, 0.4) is 0 Å². The first-order valence-corrected chi connectivity index (χ1v) is 6.25. The van der Waals surface area contributed by atoms with Crippen LogP contribution in [0.2, 0.25) is 0 Å². The van der Waals surface area contributed by atoms with Crippen LogP contribution in [0.5, 0.6) is 11.5 Å². The molecule has 0 aromatic heterocycles. The lowest BCUT2D eigenvalue weighted by Gasteiger charge is -2.17. The largest absolute Gasteiger partial charge is 0.508 e. The van der Waals surface area contributed by atoms with Gasteiger partial charge in [0.1, 0.15) is 17.3 Å². The monoisotopic (exact) mass is 290 g/mol. The zero-order valence-corrected chi connectivity index (χ0v) is 11.3. The molecule has 110 valence electrons. The number of carbonyl (C=O) groups is 1. The molecule has 21 heavy (non-hydrogen) atoms. The third kappa shape index (κ3) is 3.42. The molecule has 6 heteroatoms. The number of carbonyl (C=O) groups excluding carboxylic acids is 1. The number of rotatable bonds is 4. The lowest BCUT2D eigenvalue weighted by atomic mass is 10.1. The van der Waals surface area contributed by atoms with Gasteiger partial charge in [-0.25, -0.2) is 4.39 Å². The van der Waals surface area contributed by atoms with E-state index in [1.807, 2.05) is 0 Å². The molecule has 0 aliphatic carbocycles. The number of primary amides is 1. The maximum atomic E-state index is 13.4. The second kappa shape index (κ2) is 5.70. The number of nitrogens with two attached hydrogens (primary N) is 1. The molecule has 1 atom stereocenters. The summed E-state index contributed by atoms with van der Waals surface area (Å²) in [6.07, 6.45) is 0. The van der Waals surface area contributed by atoms with Crippen molar-refractivity contribution in [3.63, 3.8) is 0 Å². The van der Waals surface area contributed by atoms with Crippen LogP contribution in [0, 0.1) is 5.82 Å². The topological polar surface area (TPSA) is 95.6 Å². The van der Waals surface area contributed by atoms with Gasteiger partial charge in [-0.05, 0) is 42.8 Å².